The van der Waals surface area contributed by atoms with Gasteiger partial charge in [-0.05, 0) is 64.3 Å². The summed E-state index contributed by atoms with van der Waals surface area (Å²) in [5.41, 5.74) is 0.875. The first-order chi connectivity index (χ1) is 15.5. The Morgan fingerprint density at radius 1 is 1.15 bits per heavy atom. The monoisotopic (exact) mass is 485 g/mol. The van der Waals surface area contributed by atoms with Crippen LogP contribution in [0.5, 0.6) is 5.75 Å². The van der Waals surface area contributed by atoms with E-state index in [9.17, 15) is 23.2 Å². The zero-order valence-electron chi connectivity index (χ0n) is 19.7. The fourth-order valence-electron chi connectivity index (χ4n) is 3.53. The molecule has 0 bridgehead atoms. The van der Waals surface area contributed by atoms with Crippen LogP contribution in [0.2, 0.25) is 0 Å². The maximum absolute atomic E-state index is 13.6. The third kappa shape index (κ3) is 7.66. The Morgan fingerprint density at radius 2 is 1.76 bits per heavy atom. The van der Waals surface area contributed by atoms with Crippen molar-refractivity contribution < 1.29 is 32.7 Å². The second-order valence-electron chi connectivity index (χ2n) is 8.90. The van der Waals surface area contributed by atoms with Crippen LogP contribution in [0.4, 0.5) is 0 Å². The topological polar surface area (TPSA) is 125 Å². The van der Waals surface area contributed by atoms with Crippen molar-refractivity contribution in [3.8, 4) is 5.75 Å². The summed E-state index contributed by atoms with van der Waals surface area (Å²) in [6.07, 6.45) is 2.79. The predicted molar refractivity (Wildman–Crippen MR) is 121 cm³/mol. The summed E-state index contributed by atoms with van der Waals surface area (Å²) >= 11 is 0. The van der Waals surface area contributed by atoms with Gasteiger partial charge >= 0.3 is 0 Å². The van der Waals surface area contributed by atoms with Crippen molar-refractivity contribution in [2.24, 2.45) is 0 Å². The molecule has 0 spiro atoms. The molecule has 11 heteroatoms. The molecule has 1 fully saturated rings. The molecular formula is C22H35N3O7S. The van der Waals surface area contributed by atoms with Crippen LogP contribution in [-0.2, 0) is 24.3 Å². The van der Waals surface area contributed by atoms with Crippen molar-refractivity contribution in [3.63, 3.8) is 0 Å². The number of sulfonamides is 1. The minimum atomic E-state index is -4.22. The predicted octanol–water partition coefficient (Wildman–Crippen LogP) is 1.78. The molecule has 1 aliphatic rings. The molecule has 0 aromatic heterocycles. The van der Waals surface area contributed by atoms with Gasteiger partial charge in [0.25, 0.3) is 5.91 Å². The van der Waals surface area contributed by atoms with Gasteiger partial charge in [-0.25, -0.2) is 13.9 Å². The lowest BCUT2D eigenvalue weighted by molar-refractivity contribution is -0.138. The zero-order valence-corrected chi connectivity index (χ0v) is 20.6. The van der Waals surface area contributed by atoms with E-state index in [1.165, 1.54) is 36.9 Å². The summed E-state index contributed by atoms with van der Waals surface area (Å²) in [5.74, 6) is -0.646. The lowest BCUT2D eigenvalue weighted by Crippen LogP contribution is -2.53. The highest BCUT2D eigenvalue weighted by atomic mass is 32.2. The van der Waals surface area contributed by atoms with Crippen molar-refractivity contribution in [1.29, 1.82) is 0 Å². The van der Waals surface area contributed by atoms with Crippen molar-refractivity contribution in [2.45, 2.75) is 63.0 Å². The zero-order chi connectivity index (χ0) is 24.6. The van der Waals surface area contributed by atoms with E-state index in [1.807, 2.05) is 0 Å². The van der Waals surface area contributed by atoms with Crippen LogP contribution in [0.3, 0.4) is 0 Å². The van der Waals surface area contributed by atoms with Crippen LogP contribution in [-0.4, -0.2) is 79.6 Å². The normalized spacial score (nSPS) is 15.9. The molecule has 0 radical (unpaired) electrons. The Morgan fingerprint density at radius 3 is 2.27 bits per heavy atom. The summed E-state index contributed by atoms with van der Waals surface area (Å²) in [7, 11) is -2.75. The van der Waals surface area contributed by atoms with Crippen LogP contribution in [0.25, 0.3) is 0 Å². The van der Waals surface area contributed by atoms with Gasteiger partial charge in [-0.15, -0.1) is 0 Å². The van der Waals surface area contributed by atoms with Gasteiger partial charge in [0, 0.05) is 26.1 Å². The number of hydroxylamine groups is 1. The molecule has 1 saturated heterocycles. The number of hydrogen-bond acceptors (Lipinski definition) is 7. The molecule has 1 aliphatic heterocycles. The average molecular weight is 486 g/mol. The number of hydrogen-bond donors (Lipinski definition) is 2. The molecule has 0 saturated carbocycles. The minimum Gasteiger partial charge on any atom is -0.497 e. The smallest absolute Gasteiger partial charge is 0.264 e. The number of nitrogens with zero attached hydrogens (tertiary/aromatic N) is 2. The molecule has 1 heterocycles. The standard InChI is InChI=1S/C22H35N3O7S/c1-22(2,3)32-16-19(21(27)23-28)25(15-12-20(26)24-13-6-5-7-14-24)33(29,30)18-10-8-17(31-4)9-11-18/h8-11,19,28H,5-7,12-16H2,1-4H3,(H,23,27). The summed E-state index contributed by atoms with van der Waals surface area (Å²) in [6, 6.07) is 4.35. The van der Waals surface area contributed by atoms with E-state index >= 15 is 0 Å². The molecule has 33 heavy (non-hydrogen) atoms. The van der Waals surface area contributed by atoms with Crippen molar-refractivity contribution in [3.05, 3.63) is 24.3 Å². The number of nitrogens with one attached hydrogen (secondary N) is 1. The van der Waals surface area contributed by atoms with Crippen LogP contribution in [0, 0.1) is 0 Å². The Kier molecular flexibility index (Phi) is 9.65. The van der Waals surface area contributed by atoms with Gasteiger partial charge in [0.05, 0.1) is 24.2 Å². The molecule has 10 nitrogen and oxygen atoms in total. The summed E-state index contributed by atoms with van der Waals surface area (Å²) in [6.45, 7) is 6.03. The van der Waals surface area contributed by atoms with Crippen molar-refractivity contribution >= 4 is 21.8 Å². The molecule has 1 aromatic carbocycles. The summed E-state index contributed by atoms with van der Waals surface area (Å²) in [5, 5.41) is 9.30. The third-order valence-electron chi connectivity index (χ3n) is 5.36. The van der Waals surface area contributed by atoms with E-state index in [-0.39, 0.29) is 30.4 Å². The lowest BCUT2D eigenvalue weighted by Gasteiger charge is -2.32. The highest BCUT2D eigenvalue weighted by Gasteiger charge is 2.37. The van der Waals surface area contributed by atoms with Crippen LogP contribution >= 0.6 is 0 Å². The Bertz CT molecular complexity index is 892. The molecule has 0 aliphatic carbocycles. The fraction of sp³-hybridized carbons (Fsp3) is 0.636. The Hall–Kier alpha value is -2.21. The van der Waals surface area contributed by atoms with Gasteiger partial charge in [-0.1, -0.05) is 0 Å². The maximum atomic E-state index is 13.6. The first kappa shape index (κ1) is 27.0. The maximum Gasteiger partial charge on any atom is 0.264 e. The number of piperidine rings is 1. The fourth-order valence-corrected chi connectivity index (χ4v) is 5.10. The van der Waals surface area contributed by atoms with Crippen LogP contribution in [0.15, 0.2) is 29.2 Å². The number of benzene rings is 1. The SMILES string of the molecule is COc1ccc(S(=O)(=O)N(CCC(=O)N2CCCCC2)C(COC(C)(C)C)C(=O)NO)cc1. The molecule has 1 aromatic rings. The largest absolute Gasteiger partial charge is 0.497 e. The Labute approximate surface area is 195 Å². The minimum absolute atomic E-state index is 0.0692. The number of ether oxygens (including phenoxy) is 2. The molecule has 1 unspecified atom stereocenters. The second kappa shape index (κ2) is 11.8. The summed E-state index contributed by atoms with van der Waals surface area (Å²) in [4.78, 5) is 26.9. The van der Waals surface area contributed by atoms with Crippen molar-refractivity contribution in [1.82, 2.24) is 14.7 Å². The van der Waals surface area contributed by atoms with Crippen LogP contribution < -0.4 is 10.2 Å². The number of likely N-dealkylation sites (tertiary alicyclic amines) is 1. The van der Waals surface area contributed by atoms with E-state index in [1.54, 1.807) is 25.7 Å². The first-order valence-electron chi connectivity index (χ1n) is 11.0. The van der Waals surface area contributed by atoms with Gasteiger partial charge in [0.2, 0.25) is 15.9 Å². The van der Waals surface area contributed by atoms with Crippen LogP contribution in [0.1, 0.15) is 46.5 Å². The first-order valence-corrected chi connectivity index (χ1v) is 12.4. The number of amides is 2. The third-order valence-corrected chi connectivity index (χ3v) is 7.28. The van der Waals surface area contributed by atoms with Gasteiger partial charge in [0.15, 0.2) is 0 Å². The van der Waals surface area contributed by atoms with E-state index in [0.29, 0.717) is 18.8 Å². The van der Waals surface area contributed by atoms with E-state index < -0.39 is 27.6 Å². The van der Waals surface area contributed by atoms with Gasteiger partial charge < -0.3 is 14.4 Å². The number of rotatable bonds is 10. The van der Waals surface area contributed by atoms with Crippen molar-refractivity contribution in [2.75, 3.05) is 33.4 Å². The molecule has 2 rings (SSSR count). The second-order valence-corrected chi connectivity index (χ2v) is 10.8. The van der Waals surface area contributed by atoms with E-state index in [0.717, 1.165) is 23.6 Å². The molecular weight excluding hydrogens is 450 g/mol. The molecule has 2 N–H and O–H groups in total. The molecule has 1 atom stereocenters. The molecule has 2 amide bonds. The quantitative estimate of drug-likeness (QED) is 0.382. The summed E-state index contributed by atoms with van der Waals surface area (Å²) < 4.78 is 38.8. The van der Waals surface area contributed by atoms with Gasteiger partial charge in [0.1, 0.15) is 11.8 Å². The number of carbonyl (C=O) groups excluding carboxylic acids is 2. The van der Waals surface area contributed by atoms with Gasteiger partial charge in [-0.2, -0.15) is 4.31 Å². The highest BCUT2D eigenvalue weighted by molar-refractivity contribution is 7.89. The van der Waals surface area contributed by atoms with E-state index in [2.05, 4.69) is 0 Å². The Balaban J connectivity index is 2.36. The number of carbonyl (C=O) groups is 2. The highest BCUT2D eigenvalue weighted by Crippen LogP contribution is 2.23. The van der Waals surface area contributed by atoms with E-state index in [4.69, 9.17) is 9.47 Å². The average Bonchev–Trinajstić information content (AvgIpc) is 2.80. The lowest BCUT2D eigenvalue weighted by atomic mass is 10.1. The number of methoxy groups -OCH3 is 1. The van der Waals surface area contributed by atoms with Gasteiger partial charge in [-0.3, -0.25) is 14.8 Å². The molecule has 186 valence electrons.